The molecule has 0 radical (unpaired) electrons. The molecule has 1 aromatic rings. The number of hydrogen-bond acceptors (Lipinski definition) is 3. The quantitative estimate of drug-likeness (QED) is 0.419. The summed E-state index contributed by atoms with van der Waals surface area (Å²) in [6.45, 7) is -1.05. The summed E-state index contributed by atoms with van der Waals surface area (Å²) in [5, 5.41) is 10.1. The van der Waals surface area contributed by atoms with Gasteiger partial charge >= 0.3 is 6.61 Å². The van der Waals surface area contributed by atoms with Gasteiger partial charge in [0, 0.05) is 13.1 Å². The minimum Gasteiger partial charge on any atom is -0.435 e. The van der Waals surface area contributed by atoms with Crippen molar-refractivity contribution in [3.05, 3.63) is 29.8 Å². The number of likely N-dealkylation sites (tertiary alicyclic amines) is 1. The Balaban J connectivity index is 0.00000264. The Hall–Kier alpha value is -1.16. The first-order valence-corrected chi connectivity index (χ1v) is 7.34. The molecule has 0 aromatic heterocycles. The Labute approximate surface area is 151 Å². The summed E-state index contributed by atoms with van der Waals surface area (Å²) in [5.74, 6) is 0.429. The topological polar surface area (TPSA) is 71.1 Å². The molecule has 3 N–H and O–H groups in total. The first kappa shape index (κ1) is 19.9. The maximum atomic E-state index is 12.2. The van der Waals surface area contributed by atoms with Gasteiger partial charge in [0.1, 0.15) is 5.75 Å². The molecule has 8 heteroatoms. The van der Waals surface area contributed by atoms with Gasteiger partial charge in [-0.25, -0.2) is 0 Å². The standard InChI is InChI=1S/C15H21F2N3O2.HI/c16-14(17)22-12-6-4-5-11(9-12)13(21)10-19-15(18)20-7-2-1-3-8-20;/h4-6,9,13-14,21H,1-3,7-8,10H2,(H2,18,19);1H. The monoisotopic (exact) mass is 441 g/mol. The molecule has 0 aliphatic carbocycles. The van der Waals surface area contributed by atoms with Crippen molar-refractivity contribution >= 4 is 29.9 Å². The van der Waals surface area contributed by atoms with Gasteiger partial charge < -0.3 is 20.5 Å². The van der Waals surface area contributed by atoms with Crippen LogP contribution in [0.2, 0.25) is 0 Å². The van der Waals surface area contributed by atoms with Gasteiger partial charge in [0.2, 0.25) is 0 Å². The number of ether oxygens (including phenoxy) is 1. The number of hydrogen-bond donors (Lipinski definition) is 2. The highest BCUT2D eigenvalue weighted by molar-refractivity contribution is 14.0. The van der Waals surface area contributed by atoms with Gasteiger partial charge in [-0.05, 0) is 37.0 Å². The van der Waals surface area contributed by atoms with Crippen molar-refractivity contribution in [2.75, 3.05) is 19.6 Å². The van der Waals surface area contributed by atoms with E-state index in [1.807, 2.05) is 4.90 Å². The van der Waals surface area contributed by atoms with E-state index in [9.17, 15) is 13.9 Å². The van der Waals surface area contributed by atoms with Gasteiger partial charge in [-0.2, -0.15) is 8.78 Å². The molecule has 1 saturated heterocycles. The minimum absolute atomic E-state index is 0. The predicted molar refractivity (Wildman–Crippen MR) is 95.4 cm³/mol. The van der Waals surface area contributed by atoms with Crippen molar-refractivity contribution in [3.63, 3.8) is 0 Å². The lowest BCUT2D eigenvalue weighted by Crippen LogP contribution is -2.41. The second-order valence-electron chi connectivity index (χ2n) is 5.21. The van der Waals surface area contributed by atoms with Crippen LogP contribution < -0.4 is 10.5 Å². The normalized spacial score (nSPS) is 16.9. The molecular formula is C15H22F2IN3O2. The minimum atomic E-state index is -2.89. The summed E-state index contributed by atoms with van der Waals surface area (Å²) in [4.78, 5) is 6.19. The Kier molecular flexibility index (Phi) is 8.53. The van der Waals surface area contributed by atoms with Crippen molar-refractivity contribution in [2.24, 2.45) is 10.7 Å². The number of nitrogens with zero attached hydrogens (tertiary/aromatic N) is 2. The van der Waals surface area contributed by atoms with Crippen LogP contribution in [0.1, 0.15) is 30.9 Å². The summed E-state index contributed by atoms with van der Waals surface area (Å²) in [6.07, 6.45) is 2.46. The van der Waals surface area contributed by atoms with E-state index in [1.165, 1.54) is 18.6 Å². The first-order valence-electron chi connectivity index (χ1n) is 7.34. The SMILES string of the molecule is I.NC(=NCC(O)c1cccc(OC(F)F)c1)N1CCCCC1. The fourth-order valence-corrected chi connectivity index (χ4v) is 2.41. The largest absolute Gasteiger partial charge is 0.435 e. The molecule has 1 aliphatic rings. The van der Waals surface area contributed by atoms with E-state index in [4.69, 9.17) is 5.73 Å². The van der Waals surface area contributed by atoms with Crippen LogP contribution in [0.25, 0.3) is 0 Å². The average molecular weight is 441 g/mol. The van der Waals surface area contributed by atoms with Crippen molar-refractivity contribution in [1.29, 1.82) is 0 Å². The number of piperidine rings is 1. The van der Waals surface area contributed by atoms with Crippen LogP contribution in [0, 0.1) is 0 Å². The van der Waals surface area contributed by atoms with E-state index >= 15 is 0 Å². The average Bonchev–Trinajstić information content (AvgIpc) is 2.52. The zero-order valence-corrected chi connectivity index (χ0v) is 15.0. The summed E-state index contributed by atoms with van der Waals surface area (Å²) >= 11 is 0. The summed E-state index contributed by atoms with van der Waals surface area (Å²) in [7, 11) is 0. The Morgan fingerprint density at radius 2 is 2.00 bits per heavy atom. The Morgan fingerprint density at radius 3 is 2.65 bits per heavy atom. The summed E-state index contributed by atoms with van der Waals surface area (Å²) in [6, 6.07) is 5.97. The van der Waals surface area contributed by atoms with E-state index in [0.717, 1.165) is 25.9 Å². The molecule has 5 nitrogen and oxygen atoms in total. The predicted octanol–water partition coefficient (Wildman–Crippen LogP) is 2.74. The summed E-state index contributed by atoms with van der Waals surface area (Å²) < 4.78 is 28.7. The van der Waals surface area contributed by atoms with Crippen molar-refractivity contribution in [1.82, 2.24) is 4.90 Å². The summed E-state index contributed by atoms with van der Waals surface area (Å²) in [5.41, 5.74) is 6.38. The van der Waals surface area contributed by atoms with Crippen molar-refractivity contribution in [3.8, 4) is 5.75 Å². The third kappa shape index (κ3) is 6.46. The molecule has 1 atom stereocenters. The second kappa shape index (κ2) is 9.86. The van der Waals surface area contributed by atoms with Gasteiger partial charge in [0.05, 0.1) is 12.6 Å². The lowest BCUT2D eigenvalue weighted by Gasteiger charge is -2.27. The van der Waals surface area contributed by atoms with Crippen LogP contribution in [-0.2, 0) is 0 Å². The number of aliphatic hydroxyl groups excluding tert-OH is 1. The van der Waals surface area contributed by atoms with Crippen molar-refractivity contribution < 1.29 is 18.6 Å². The molecule has 0 spiro atoms. The zero-order chi connectivity index (χ0) is 15.9. The number of alkyl halides is 2. The fourth-order valence-electron chi connectivity index (χ4n) is 2.41. The van der Waals surface area contributed by atoms with E-state index in [0.29, 0.717) is 11.5 Å². The molecule has 1 unspecified atom stereocenters. The van der Waals surface area contributed by atoms with E-state index in [1.54, 1.807) is 12.1 Å². The molecule has 2 rings (SSSR count). The highest BCUT2D eigenvalue weighted by Gasteiger charge is 2.14. The third-order valence-electron chi connectivity index (χ3n) is 3.57. The molecule has 1 aliphatic heterocycles. The maximum Gasteiger partial charge on any atom is 0.387 e. The molecule has 1 aromatic carbocycles. The van der Waals surface area contributed by atoms with E-state index in [2.05, 4.69) is 9.73 Å². The fraction of sp³-hybridized carbons (Fsp3) is 0.533. The Bertz CT molecular complexity index is 511. The van der Waals surface area contributed by atoms with E-state index < -0.39 is 12.7 Å². The number of guanidine groups is 1. The highest BCUT2D eigenvalue weighted by atomic mass is 127. The number of aliphatic imine (C=N–C) groups is 1. The number of benzene rings is 1. The second-order valence-corrected chi connectivity index (χ2v) is 5.21. The number of aliphatic hydroxyl groups is 1. The van der Waals surface area contributed by atoms with Gasteiger partial charge in [-0.15, -0.1) is 24.0 Å². The van der Waals surface area contributed by atoms with Gasteiger partial charge in [-0.1, -0.05) is 12.1 Å². The number of nitrogens with two attached hydrogens (primary N) is 1. The zero-order valence-electron chi connectivity index (χ0n) is 12.7. The molecule has 1 heterocycles. The highest BCUT2D eigenvalue weighted by Crippen LogP contribution is 2.21. The molecule has 23 heavy (non-hydrogen) atoms. The van der Waals surface area contributed by atoms with Crippen LogP contribution in [0.3, 0.4) is 0 Å². The molecular weight excluding hydrogens is 419 g/mol. The maximum absolute atomic E-state index is 12.2. The van der Waals surface area contributed by atoms with Crippen LogP contribution in [0.4, 0.5) is 8.78 Å². The number of halogens is 3. The van der Waals surface area contributed by atoms with Gasteiger partial charge in [-0.3, -0.25) is 4.99 Å². The first-order chi connectivity index (χ1) is 10.6. The third-order valence-corrected chi connectivity index (χ3v) is 3.57. The number of rotatable bonds is 5. The van der Waals surface area contributed by atoms with E-state index in [-0.39, 0.29) is 36.3 Å². The van der Waals surface area contributed by atoms with Crippen molar-refractivity contribution in [2.45, 2.75) is 32.0 Å². The van der Waals surface area contributed by atoms with Crippen LogP contribution in [0.15, 0.2) is 29.3 Å². The lowest BCUT2D eigenvalue weighted by molar-refractivity contribution is -0.0499. The van der Waals surface area contributed by atoms with Crippen LogP contribution in [-0.4, -0.2) is 42.2 Å². The van der Waals surface area contributed by atoms with Crippen LogP contribution >= 0.6 is 24.0 Å². The smallest absolute Gasteiger partial charge is 0.387 e. The van der Waals surface area contributed by atoms with Gasteiger partial charge in [0.25, 0.3) is 0 Å². The molecule has 130 valence electrons. The molecule has 0 bridgehead atoms. The molecule has 1 fully saturated rings. The molecule has 0 amide bonds. The lowest BCUT2D eigenvalue weighted by atomic mass is 10.1. The molecule has 0 saturated carbocycles. The van der Waals surface area contributed by atoms with Crippen LogP contribution in [0.5, 0.6) is 5.75 Å². The van der Waals surface area contributed by atoms with Gasteiger partial charge in [0.15, 0.2) is 5.96 Å². The Morgan fingerprint density at radius 1 is 1.30 bits per heavy atom.